The Hall–Kier alpha value is -3.42. The van der Waals surface area contributed by atoms with Crippen LogP contribution in [0.25, 0.3) is 10.9 Å². The van der Waals surface area contributed by atoms with Crippen LogP contribution in [0.2, 0.25) is 0 Å². The van der Waals surface area contributed by atoms with Crippen LogP contribution >= 0.6 is 0 Å². The largest absolute Gasteiger partial charge is 0.366 e. The van der Waals surface area contributed by atoms with E-state index in [1.165, 1.54) is 0 Å². The maximum Gasteiger partial charge on any atom is 0.250 e. The summed E-state index contributed by atoms with van der Waals surface area (Å²) in [6.45, 7) is 2.91. The molecule has 8 heteroatoms. The Morgan fingerprint density at radius 3 is 2.68 bits per heavy atom. The molecule has 3 N–H and O–H groups in total. The van der Waals surface area contributed by atoms with Crippen LogP contribution in [-0.4, -0.2) is 58.1 Å². The quantitative estimate of drug-likeness (QED) is 0.696. The van der Waals surface area contributed by atoms with Gasteiger partial charge in [0.1, 0.15) is 5.82 Å². The maximum atomic E-state index is 12.6. The van der Waals surface area contributed by atoms with Gasteiger partial charge in [-0.1, -0.05) is 6.07 Å². The van der Waals surface area contributed by atoms with Crippen LogP contribution in [0.5, 0.6) is 0 Å². The van der Waals surface area contributed by atoms with Gasteiger partial charge in [-0.25, -0.2) is 4.98 Å². The minimum atomic E-state index is -0.506. The lowest BCUT2D eigenvalue weighted by atomic mass is 10.0. The molecule has 1 fully saturated rings. The molecule has 3 heterocycles. The third-order valence-corrected chi connectivity index (χ3v) is 5.11. The van der Waals surface area contributed by atoms with Gasteiger partial charge in [-0.05, 0) is 36.2 Å². The number of piperazine rings is 1. The molecule has 0 radical (unpaired) electrons. The Morgan fingerprint density at radius 1 is 1.14 bits per heavy atom. The van der Waals surface area contributed by atoms with Gasteiger partial charge in [0, 0.05) is 44.2 Å². The first-order valence-electron chi connectivity index (χ1n) is 9.31. The van der Waals surface area contributed by atoms with E-state index >= 15 is 0 Å². The number of aryl methyl sites for hydroxylation is 1. The highest BCUT2D eigenvalue weighted by Crippen LogP contribution is 2.20. The van der Waals surface area contributed by atoms with Crippen molar-refractivity contribution in [3.8, 4) is 0 Å². The van der Waals surface area contributed by atoms with E-state index in [9.17, 15) is 9.59 Å². The number of aromatic amines is 1. The number of aromatic nitrogens is 3. The van der Waals surface area contributed by atoms with Crippen LogP contribution in [0.1, 0.15) is 22.3 Å². The second-order valence-corrected chi connectivity index (χ2v) is 6.90. The van der Waals surface area contributed by atoms with E-state index in [0.29, 0.717) is 37.0 Å². The van der Waals surface area contributed by atoms with E-state index in [0.717, 1.165) is 29.9 Å². The molecule has 1 aliphatic heterocycles. The van der Waals surface area contributed by atoms with Gasteiger partial charge in [0.15, 0.2) is 0 Å². The number of primary amides is 1. The molecule has 144 valence electrons. The fourth-order valence-electron chi connectivity index (χ4n) is 3.59. The molecule has 0 aliphatic carbocycles. The molecular formula is C20H22N6O2. The standard InChI is InChI=1S/C20H22N6O2/c21-20(28)16-12-14(11-15-13-23-24-19(15)16)4-5-18(27)26-9-7-25(8-10-26)17-3-1-2-6-22-17/h1-3,6,11-13H,4-5,7-10H2,(H2,21,28)(H,23,24). The molecule has 0 spiro atoms. The number of carbonyl (C=O) groups is 2. The number of nitrogens with zero attached hydrogens (tertiary/aromatic N) is 4. The average molecular weight is 378 g/mol. The zero-order valence-electron chi connectivity index (χ0n) is 15.5. The predicted molar refractivity (Wildman–Crippen MR) is 106 cm³/mol. The molecule has 0 saturated carbocycles. The molecule has 0 atom stereocenters. The number of amides is 2. The normalized spacial score (nSPS) is 14.4. The van der Waals surface area contributed by atoms with E-state index < -0.39 is 5.91 Å². The number of nitrogens with one attached hydrogen (secondary N) is 1. The van der Waals surface area contributed by atoms with Crippen LogP contribution in [0.4, 0.5) is 5.82 Å². The zero-order valence-corrected chi connectivity index (χ0v) is 15.5. The molecule has 2 aromatic heterocycles. The number of carbonyl (C=O) groups excluding carboxylic acids is 2. The van der Waals surface area contributed by atoms with Gasteiger partial charge in [-0.2, -0.15) is 5.10 Å². The van der Waals surface area contributed by atoms with Crippen molar-refractivity contribution in [2.24, 2.45) is 5.73 Å². The Labute approximate surface area is 162 Å². The number of hydrogen-bond donors (Lipinski definition) is 2. The molecule has 0 unspecified atom stereocenters. The van der Waals surface area contributed by atoms with Crippen molar-refractivity contribution in [3.63, 3.8) is 0 Å². The summed E-state index contributed by atoms with van der Waals surface area (Å²) >= 11 is 0. The van der Waals surface area contributed by atoms with Gasteiger partial charge in [0.05, 0.1) is 17.3 Å². The smallest absolute Gasteiger partial charge is 0.250 e. The second kappa shape index (κ2) is 7.67. The molecular weight excluding hydrogens is 356 g/mol. The summed E-state index contributed by atoms with van der Waals surface area (Å²) in [6, 6.07) is 9.54. The van der Waals surface area contributed by atoms with Gasteiger partial charge in [-0.15, -0.1) is 0 Å². The van der Waals surface area contributed by atoms with E-state index in [-0.39, 0.29) is 5.91 Å². The number of pyridine rings is 1. The lowest BCUT2D eigenvalue weighted by molar-refractivity contribution is -0.131. The molecule has 0 bridgehead atoms. The van der Waals surface area contributed by atoms with Gasteiger partial charge >= 0.3 is 0 Å². The second-order valence-electron chi connectivity index (χ2n) is 6.90. The minimum absolute atomic E-state index is 0.119. The topological polar surface area (TPSA) is 108 Å². The van der Waals surface area contributed by atoms with Crippen LogP contribution < -0.4 is 10.6 Å². The van der Waals surface area contributed by atoms with Crippen molar-refractivity contribution < 1.29 is 9.59 Å². The Kier molecular flexibility index (Phi) is 4.92. The molecule has 2 amide bonds. The third-order valence-electron chi connectivity index (χ3n) is 5.11. The van der Waals surface area contributed by atoms with Gasteiger partial charge < -0.3 is 15.5 Å². The Morgan fingerprint density at radius 2 is 1.96 bits per heavy atom. The molecule has 1 aliphatic rings. The molecule has 1 aromatic carbocycles. The number of rotatable bonds is 5. The molecule has 4 rings (SSSR count). The van der Waals surface area contributed by atoms with Crippen LogP contribution in [-0.2, 0) is 11.2 Å². The summed E-state index contributed by atoms with van der Waals surface area (Å²) < 4.78 is 0. The molecule has 8 nitrogen and oxygen atoms in total. The van der Waals surface area contributed by atoms with E-state index in [1.807, 2.05) is 29.2 Å². The number of H-pyrrole nitrogens is 1. The highest BCUT2D eigenvalue weighted by molar-refractivity contribution is 6.04. The fourth-order valence-corrected chi connectivity index (χ4v) is 3.59. The summed E-state index contributed by atoms with van der Waals surface area (Å²) in [4.78, 5) is 32.8. The first-order valence-corrected chi connectivity index (χ1v) is 9.31. The lowest BCUT2D eigenvalue weighted by Crippen LogP contribution is -2.49. The van der Waals surface area contributed by atoms with Crippen molar-refractivity contribution in [1.82, 2.24) is 20.1 Å². The Bertz CT molecular complexity index is 992. The SMILES string of the molecule is NC(=O)c1cc(CCC(=O)N2CCN(c3ccccn3)CC2)cc2cn[nH]c12. The van der Waals surface area contributed by atoms with Crippen molar-refractivity contribution in [2.75, 3.05) is 31.1 Å². The summed E-state index contributed by atoms with van der Waals surface area (Å²) in [6.07, 6.45) is 4.39. The molecule has 1 saturated heterocycles. The Balaban J connectivity index is 1.36. The highest BCUT2D eigenvalue weighted by Gasteiger charge is 2.21. The molecule has 28 heavy (non-hydrogen) atoms. The first kappa shape index (κ1) is 18.0. The third kappa shape index (κ3) is 3.66. The van der Waals surface area contributed by atoms with E-state index in [4.69, 9.17) is 5.73 Å². The lowest BCUT2D eigenvalue weighted by Gasteiger charge is -2.35. The van der Waals surface area contributed by atoms with Gasteiger partial charge in [0.25, 0.3) is 5.91 Å². The van der Waals surface area contributed by atoms with E-state index in [2.05, 4.69) is 20.1 Å². The van der Waals surface area contributed by atoms with Crippen LogP contribution in [0, 0.1) is 0 Å². The summed E-state index contributed by atoms with van der Waals surface area (Å²) in [5, 5.41) is 7.59. The van der Waals surface area contributed by atoms with Crippen molar-refractivity contribution in [2.45, 2.75) is 12.8 Å². The summed E-state index contributed by atoms with van der Waals surface area (Å²) in [7, 11) is 0. The maximum absolute atomic E-state index is 12.6. The fraction of sp³-hybridized carbons (Fsp3) is 0.300. The minimum Gasteiger partial charge on any atom is -0.366 e. The van der Waals surface area contributed by atoms with Crippen molar-refractivity contribution in [1.29, 1.82) is 0 Å². The molecule has 3 aromatic rings. The number of benzene rings is 1. The number of anilines is 1. The van der Waals surface area contributed by atoms with E-state index in [1.54, 1.807) is 18.5 Å². The summed E-state index contributed by atoms with van der Waals surface area (Å²) in [5.41, 5.74) is 7.41. The van der Waals surface area contributed by atoms with Gasteiger partial charge in [-0.3, -0.25) is 14.7 Å². The monoisotopic (exact) mass is 378 g/mol. The summed E-state index contributed by atoms with van der Waals surface area (Å²) in [5.74, 6) is 0.559. The van der Waals surface area contributed by atoms with Gasteiger partial charge in [0.2, 0.25) is 5.91 Å². The average Bonchev–Trinajstić information content (AvgIpc) is 3.20. The number of nitrogens with two attached hydrogens (primary N) is 1. The van der Waals surface area contributed by atoms with Crippen molar-refractivity contribution in [3.05, 3.63) is 53.9 Å². The number of fused-ring (bicyclic) bond motifs is 1. The number of hydrogen-bond acceptors (Lipinski definition) is 5. The predicted octanol–water partition coefficient (Wildman–Crippen LogP) is 1.34. The zero-order chi connectivity index (χ0) is 19.5. The van der Waals surface area contributed by atoms with Crippen LogP contribution in [0.3, 0.4) is 0 Å². The first-order chi connectivity index (χ1) is 13.6. The van der Waals surface area contributed by atoms with Crippen LogP contribution in [0.15, 0.2) is 42.7 Å². The van der Waals surface area contributed by atoms with Crippen molar-refractivity contribution >= 4 is 28.5 Å². The highest BCUT2D eigenvalue weighted by atomic mass is 16.2.